The molecular weight excluding hydrogens is 325 g/mol. The lowest BCUT2D eigenvalue weighted by molar-refractivity contribution is -0.191. The van der Waals surface area contributed by atoms with Gasteiger partial charge in [0.2, 0.25) is 11.6 Å². The van der Waals surface area contributed by atoms with Crippen molar-refractivity contribution in [3.8, 4) is 0 Å². The molecule has 0 saturated carbocycles. The van der Waals surface area contributed by atoms with Crippen LogP contribution in [-0.4, -0.2) is 33.9 Å². The average Bonchev–Trinajstić information content (AvgIpc) is 2.71. The third-order valence-corrected chi connectivity index (χ3v) is 3.84. The molecule has 114 valence electrons. The highest BCUT2D eigenvalue weighted by Gasteiger charge is 2.50. The normalized spacial score (nSPS) is 21.9. The van der Waals surface area contributed by atoms with Crippen LogP contribution in [0.3, 0.4) is 0 Å². The summed E-state index contributed by atoms with van der Waals surface area (Å²) in [5, 5.41) is 14.6. The van der Waals surface area contributed by atoms with Crippen molar-refractivity contribution in [3.63, 3.8) is 0 Å². The molecule has 1 aliphatic heterocycles. The van der Waals surface area contributed by atoms with Gasteiger partial charge in [0.25, 0.3) is 6.43 Å². The molecule has 2 rings (SSSR count). The van der Waals surface area contributed by atoms with Gasteiger partial charge >= 0.3 is 0 Å². The fourth-order valence-corrected chi connectivity index (χ4v) is 2.64. The molecule has 0 aromatic heterocycles. The number of carbonyl (C=O) groups is 1. The number of halogens is 4. The van der Waals surface area contributed by atoms with Gasteiger partial charge < -0.3 is 5.11 Å². The quantitative estimate of drug-likeness (QED) is 0.922. The molecule has 0 fully saturated rings. The Kier molecular flexibility index (Phi) is 4.51. The first-order valence-electron chi connectivity index (χ1n) is 6.06. The molecule has 0 spiro atoms. The van der Waals surface area contributed by atoms with Gasteiger partial charge in [0.05, 0.1) is 6.42 Å². The number of hydrogen-bond donors (Lipinski definition) is 1. The van der Waals surface area contributed by atoms with Gasteiger partial charge in [0.15, 0.2) is 0 Å². The third kappa shape index (κ3) is 3.02. The van der Waals surface area contributed by atoms with E-state index in [1.807, 2.05) is 0 Å². The molecule has 1 aliphatic rings. The summed E-state index contributed by atoms with van der Waals surface area (Å²) in [4.78, 5) is 12.2. The molecule has 1 atom stereocenters. The van der Waals surface area contributed by atoms with Crippen molar-refractivity contribution in [2.24, 2.45) is 5.10 Å². The van der Waals surface area contributed by atoms with E-state index < -0.39 is 24.5 Å². The molecular formula is C13H12Cl2F2N2O2. The highest BCUT2D eigenvalue weighted by atomic mass is 35.5. The third-order valence-electron chi connectivity index (χ3n) is 3.13. The van der Waals surface area contributed by atoms with E-state index in [4.69, 9.17) is 23.2 Å². The highest BCUT2D eigenvalue weighted by molar-refractivity contribution is 6.36. The molecule has 1 heterocycles. The van der Waals surface area contributed by atoms with Crippen LogP contribution < -0.4 is 0 Å². The van der Waals surface area contributed by atoms with Gasteiger partial charge in [-0.05, 0) is 24.6 Å². The molecule has 1 unspecified atom stereocenters. The number of aliphatic hydroxyl groups is 1. The van der Waals surface area contributed by atoms with Crippen LogP contribution in [0.5, 0.6) is 0 Å². The zero-order valence-electron chi connectivity index (χ0n) is 11.0. The van der Waals surface area contributed by atoms with Crippen LogP contribution in [0, 0.1) is 0 Å². The van der Waals surface area contributed by atoms with E-state index in [9.17, 15) is 18.7 Å². The van der Waals surface area contributed by atoms with Crippen molar-refractivity contribution in [2.75, 3.05) is 0 Å². The number of hydrogen-bond acceptors (Lipinski definition) is 3. The second-order valence-electron chi connectivity index (χ2n) is 4.77. The lowest BCUT2D eigenvalue weighted by atomic mass is 10.1. The number of carbonyl (C=O) groups excluding carboxylic acids is 1. The SMILES string of the molecule is CC1=NN(C(=O)Cc2c(Cl)cccc2Cl)C(O)(C(F)F)C1. The molecule has 4 nitrogen and oxygen atoms in total. The van der Waals surface area contributed by atoms with Gasteiger partial charge in [-0.2, -0.15) is 10.1 Å². The second-order valence-corrected chi connectivity index (χ2v) is 5.59. The maximum atomic E-state index is 13.0. The van der Waals surface area contributed by atoms with Crippen molar-refractivity contribution in [3.05, 3.63) is 33.8 Å². The van der Waals surface area contributed by atoms with Crippen LogP contribution in [0.4, 0.5) is 8.78 Å². The van der Waals surface area contributed by atoms with Gasteiger partial charge in [-0.15, -0.1) is 0 Å². The van der Waals surface area contributed by atoms with Gasteiger partial charge in [0.1, 0.15) is 0 Å². The van der Waals surface area contributed by atoms with Crippen LogP contribution in [0.25, 0.3) is 0 Å². The summed E-state index contributed by atoms with van der Waals surface area (Å²) < 4.78 is 26.1. The van der Waals surface area contributed by atoms with E-state index in [0.29, 0.717) is 10.6 Å². The van der Waals surface area contributed by atoms with Gasteiger partial charge in [-0.3, -0.25) is 4.79 Å². The predicted molar refractivity (Wildman–Crippen MR) is 75.7 cm³/mol. The van der Waals surface area contributed by atoms with E-state index in [1.165, 1.54) is 19.1 Å². The summed E-state index contributed by atoms with van der Waals surface area (Å²) in [5.74, 6) is -0.801. The zero-order chi connectivity index (χ0) is 15.8. The summed E-state index contributed by atoms with van der Waals surface area (Å²) in [5.41, 5.74) is -2.06. The van der Waals surface area contributed by atoms with E-state index in [1.54, 1.807) is 6.07 Å². The van der Waals surface area contributed by atoms with E-state index in [-0.39, 0.29) is 22.2 Å². The maximum Gasteiger partial charge on any atom is 0.287 e. The van der Waals surface area contributed by atoms with Crippen molar-refractivity contribution < 1.29 is 18.7 Å². The molecule has 0 aliphatic carbocycles. The van der Waals surface area contributed by atoms with Crippen LogP contribution in [-0.2, 0) is 11.2 Å². The Hall–Kier alpha value is -1.24. The molecule has 0 radical (unpaired) electrons. The van der Waals surface area contributed by atoms with Crippen molar-refractivity contribution in [1.82, 2.24) is 5.01 Å². The second kappa shape index (κ2) is 5.87. The summed E-state index contributed by atoms with van der Waals surface area (Å²) in [6.07, 6.45) is -3.86. The van der Waals surface area contributed by atoms with Crippen molar-refractivity contribution >= 4 is 34.8 Å². The minimum absolute atomic E-state index is 0.247. The molecule has 21 heavy (non-hydrogen) atoms. The summed E-state index contributed by atoms with van der Waals surface area (Å²) in [7, 11) is 0. The Labute approximate surface area is 129 Å². The fourth-order valence-electron chi connectivity index (χ4n) is 2.11. The van der Waals surface area contributed by atoms with Gasteiger partial charge in [-0.25, -0.2) is 8.78 Å². The molecule has 1 aromatic rings. The Balaban J connectivity index is 2.28. The first-order valence-corrected chi connectivity index (χ1v) is 6.82. The van der Waals surface area contributed by atoms with Gasteiger partial charge in [-0.1, -0.05) is 29.3 Å². The lowest BCUT2D eigenvalue weighted by Crippen LogP contribution is -2.52. The van der Waals surface area contributed by atoms with E-state index in [2.05, 4.69) is 5.10 Å². The number of benzene rings is 1. The van der Waals surface area contributed by atoms with Gasteiger partial charge in [0, 0.05) is 22.2 Å². The van der Waals surface area contributed by atoms with Crippen molar-refractivity contribution in [1.29, 1.82) is 0 Å². The van der Waals surface area contributed by atoms with E-state index >= 15 is 0 Å². The summed E-state index contributed by atoms with van der Waals surface area (Å²) in [6.45, 7) is 1.46. The maximum absolute atomic E-state index is 13.0. The summed E-state index contributed by atoms with van der Waals surface area (Å²) >= 11 is 11.9. The topological polar surface area (TPSA) is 52.9 Å². The Morgan fingerprint density at radius 2 is 2.05 bits per heavy atom. The van der Waals surface area contributed by atoms with Crippen LogP contribution in [0.15, 0.2) is 23.3 Å². The Bertz CT molecular complexity index is 590. The van der Waals surface area contributed by atoms with Crippen LogP contribution in [0.2, 0.25) is 10.0 Å². The Morgan fingerprint density at radius 1 is 1.48 bits per heavy atom. The minimum atomic E-state index is -3.13. The van der Waals surface area contributed by atoms with E-state index in [0.717, 1.165) is 0 Å². The zero-order valence-corrected chi connectivity index (χ0v) is 12.5. The smallest absolute Gasteiger partial charge is 0.287 e. The monoisotopic (exact) mass is 336 g/mol. The van der Waals surface area contributed by atoms with Crippen LogP contribution in [0.1, 0.15) is 18.9 Å². The minimum Gasteiger partial charge on any atom is -0.364 e. The predicted octanol–water partition coefficient (Wildman–Crippen LogP) is 3.10. The molecule has 8 heteroatoms. The molecule has 1 aromatic carbocycles. The van der Waals surface area contributed by atoms with Crippen LogP contribution >= 0.6 is 23.2 Å². The lowest BCUT2D eigenvalue weighted by Gasteiger charge is -2.30. The number of nitrogens with zero attached hydrogens (tertiary/aromatic N) is 2. The number of hydrazone groups is 1. The summed E-state index contributed by atoms with van der Waals surface area (Å²) in [6, 6.07) is 4.67. The fraction of sp³-hybridized carbons (Fsp3) is 0.385. The Morgan fingerprint density at radius 3 is 2.57 bits per heavy atom. The number of amides is 1. The average molecular weight is 337 g/mol. The van der Waals surface area contributed by atoms with Crippen molar-refractivity contribution in [2.45, 2.75) is 31.9 Å². The number of alkyl halides is 2. The number of rotatable bonds is 3. The molecule has 1 N–H and O–H groups in total. The molecule has 1 amide bonds. The highest BCUT2D eigenvalue weighted by Crippen LogP contribution is 2.33. The first-order chi connectivity index (χ1) is 9.75. The largest absolute Gasteiger partial charge is 0.364 e. The molecule has 0 saturated heterocycles. The first kappa shape index (κ1) is 16.1. The standard InChI is InChI=1S/C13H12Cl2F2N2O2/c1-7-6-13(21,12(16)17)19(18-7)11(20)5-8-9(14)3-2-4-10(8)15/h2-4,12,21H,5-6H2,1H3. The molecule has 0 bridgehead atoms.